The number of hydrogen-bond donors (Lipinski definition) is 1. The van der Waals surface area contributed by atoms with Crippen LogP contribution < -0.4 is 15.0 Å². The van der Waals surface area contributed by atoms with E-state index < -0.39 is 11.2 Å². The lowest BCUT2D eigenvalue weighted by Gasteiger charge is -2.19. The highest BCUT2D eigenvalue weighted by atomic mass is 32.2. The molecule has 1 aliphatic rings. The number of aryl methyl sites for hydroxylation is 1. The third kappa shape index (κ3) is 6.22. The van der Waals surface area contributed by atoms with Gasteiger partial charge in [-0.1, -0.05) is 67.6 Å². The van der Waals surface area contributed by atoms with E-state index in [1.807, 2.05) is 12.1 Å². The molecule has 3 aromatic rings. The number of hydrogen-bond acceptors (Lipinski definition) is 5. The molecule has 0 spiro atoms. The van der Waals surface area contributed by atoms with Crippen LogP contribution in [0.5, 0.6) is 5.75 Å². The number of para-hydroxylation sites is 1. The molecule has 0 bridgehead atoms. The summed E-state index contributed by atoms with van der Waals surface area (Å²) in [5.74, 6) is -0.0699. The zero-order chi connectivity index (χ0) is 26.2. The van der Waals surface area contributed by atoms with E-state index >= 15 is 0 Å². The predicted octanol–water partition coefficient (Wildman–Crippen LogP) is 6.10. The summed E-state index contributed by atoms with van der Waals surface area (Å²) in [6.45, 7) is 2.17. The minimum absolute atomic E-state index is 0.101. The summed E-state index contributed by atoms with van der Waals surface area (Å²) in [5.41, 5.74) is 3.36. The number of nitrogens with one attached hydrogen (secondary N) is 1. The van der Waals surface area contributed by atoms with Crippen molar-refractivity contribution in [2.75, 3.05) is 17.3 Å². The number of unbranched alkanes of at least 4 members (excludes halogenated alkanes) is 1. The molecule has 1 atom stereocenters. The largest absolute Gasteiger partial charge is 0.497 e. The second-order valence-electron chi connectivity index (χ2n) is 8.71. The van der Waals surface area contributed by atoms with Crippen LogP contribution in [0.3, 0.4) is 0 Å². The molecule has 37 heavy (non-hydrogen) atoms. The van der Waals surface area contributed by atoms with E-state index in [4.69, 9.17) is 4.74 Å². The van der Waals surface area contributed by atoms with Crippen molar-refractivity contribution in [1.82, 2.24) is 0 Å². The molecule has 2 amide bonds. The zero-order valence-corrected chi connectivity index (χ0v) is 21.8. The zero-order valence-electron chi connectivity index (χ0n) is 20.9. The third-order valence-corrected chi connectivity index (χ3v) is 7.39. The second kappa shape index (κ2) is 12.3. The molecule has 0 saturated carbocycles. The van der Waals surface area contributed by atoms with Crippen molar-refractivity contribution in [3.05, 3.63) is 101 Å². The monoisotopic (exact) mass is 511 g/mol. The SMILES string of the molecule is CCCCc1ccc(CC2S/C(=C(/C#N)C(=O)Nc3ccccc3)N(c3ccc(OC)cc3)C2=O)cc1. The lowest BCUT2D eigenvalue weighted by molar-refractivity contribution is -0.117. The minimum atomic E-state index is -0.552. The third-order valence-electron chi connectivity index (χ3n) is 6.13. The molecule has 0 aromatic heterocycles. The fourth-order valence-electron chi connectivity index (χ4n) is 4.11. The highest BCUT2D eigenvalue weighted by Gasteiger charge is 2.40. The van der Waals surface area contributed by atoms with Crippen molar-refractivity contribution in [2.24, 2.45) is 0 Å². The number of carbonyl (C=O) groups is 2. The molecule has 3 aromatic carbocycles. The van der Waals surface area contributed by atoms with E-state index in [2.05, 4.69) is 36.5 Å². The van der Waals surface area contributed by atoms with Crippen LogP contribution in [0.2, 0.25) is 0 Å². The molecule has 0 aliphatic carbocycles. The van der Waals surface area contributed by atoms with Gasteiger partial charge in [0, 0.05) is 11.4 Å². The van der Waals surface area contributed by atoms with Crippen molar-refractivity contribution in [1.29, 1.82) is 5.26 Å². The van der Waals surface area contributed by atoms with Crippen molar-refractivity contribution in [3.63, 3.8) is 0 Å². The number of rotatable bonds is 9. The van der Waals surface area contributed by atoms with Gasteiger partial charge in [-0.25, -0.2) is 0 Å². The molecule has 4 rings (SSSR count). The molecule has 188 valence electrons. The minimum Gasteiger partial charge on any atom is -0.497 e. The van der Waals surface area contributed by atoms with Crippen LogP contribution in [0, 0.1) is 11.3 Å². The molecule has 1 saturated heterocycles. The summed E-state index contributed by atoms with van der Waals surface area (Å²) >= 11 is 1.26. The summed E-state index contributed by atoms with van der Waals surface area (Å²) in [4.78, 5) is 28.3. The van der Waals surface area contributed by atoms with Gasteiger partial charge in [0.05, 0.1) is 12.4 Å². The van der Waals surface area contributed by atoms with Crippen molar-refractivity contribution in [3.8, 4) is 11.8 Å². The number of thioether (sulfide) groups is 1. The number of nitrogens with zero attached hydrogens (tertiary/aromatic N) is 2. The number of anilines is 2. The van der Waals surface area contributed by atoms with E-state index in [0.29, 0.717) is 28.6 Å². The first-order valence-electron chi connectivity index (χ1n) is 12.3. The van der Waals surface area contributed by atoms with Crippen LogP contribution in [-0.2, 0) is 22.4 Å². The van der Waals surface area contributed by atoms with E-state index in [9.17, 15) is 14.9 Å². The first-order valence-corrected chi connectivity index (χ1v) is 13.1. The molecule has 6 nitrogen and oxygen atoms in total. The van der Waals surface area contributed by atoms with E-state index in [-0.39, 0.29) is 11.5 Å². The molecular formula is C30H29N3O3S. The summed E-state index contributed by atoms with van der Waals surface area (Å²) in [6.07, 6.45) is 3.81. The van der Waals surface area contributed by atoms with Crippen LogP contribution in [0.15, 0.2) is 89.5 Å². The smallest absolute Gasteiger partial charge is 0.269 e. The molecule has 1 fully saturated rings. The van der Waals surface area contributed by atoms with Gasteiger partial charge in [0.2, 0.25) is 5.91 Å². The van der Waals surface area contributed by atoms with Gasteiger partial charge in [0.1, 0.15) is 22.4 Å². The topological polar surface area (TPSA) is 82.4 Å². The standard InChI is InChI=1S/C30H29N3O3S/c1-3-4-8-21-11-13-22(14-12-21)19-27-29(35)33(24-15-17-25(36-2)18-16-24)30(37-27)26(20-31)28(34)32-23-9-6-5-7-10-23/h5-7,9-18,27H,3-4,8,19H2,1-2H3,(H,32,34)/b30-26-. The molecule has 1 heterocycles. The van der Waals surface area contributed by atoms with Gasteiger partial charge in [-0.3, -0.25) is 14.5 Å². The fourth-order valence-corrected chi connectivity index (χ4v) is 5.41. The van der Waals surface area contributed by atoms with Crippen LogP contribution in [0.4, 0.5) is 11.4 Å². The summed E-state index contributed by atoms with van der Waals surface area (Å²) < 4.78 is 5.26. The summed E-state index contributed by atoms with van der Waals surface area (Å²) in [6, 6.07) is 26.4. The van der Waals surface area contributed by atoms with Crippen molar-refractivity contribution in [2.45, 2.75) is 37.9 Å². The van der Waals surface area contributed by atoms with E-state index in [1.165, 1.54) is 22.2 Å². The Kier molecular flexibility index (Phi) is 8.65. The Morgan fingerprint density at radius 1 is 1.03 bits per heavy atom. The van der Waals surface area contributed by atoms with Crippen molar-refractivity contribution >= 4 is 35.0 Å². The van der Waals surface area contributed by atoms with Crippen LogP contribution >= 0.6 is 11.8 Å². The molecule has 7 heteroatoms. The second-order valence-corrected chi connectivity index (χ2v) is 9.91. The number of amides is 2. The first-order chi connectivity index (χ1) is 18.0. The van der Waals surface area contributed by atoms with Gasteiger partial charge < -0.3 is 10.1 Å². The Morgan fingerprint density at radius 2 is 1.70 bits per heavy atom. The van der Waals surface area contributed by atoms with Gasteiger partial charge in [0.15, 0.2) is 0 Å². The predicted molar refractivity (Wildman–Crippen MR) is 148 cm³/mol. The van der Waals surface area contributed by atoms with Gasteiger partial charge >= 0.3 is 0 Å². The molecular weight excluding hydrogens is 482 g/mol. The number of methoxy groups -OCH3 is 1. The fraction of sp³-hybridized carbons (Fsp3) is 0.233. The average molecular weight is 512 g/mol. The van der Waals surface area contributed by atoms with Crippen LogP contribution in [-0.4, -0.2) is 24.2 Å². The van der Waals surface area contributed by atoms with Gasteiger partial charge in [-0.05, 0) is 66.8 Å². The Hall–Kier alpha value is -4.02. The lowest BCUT2D eigenvalue weighted by Crippen LogP contribution is -2.30. The van der Waals surface area contributed by atoms with Crippen LogP contribution in [0.25, 0.3) is 0 Å². The van der Waals surface area contributed by atoms with Gasteiger partial charge in [-0.2, -0.15) is 5.26 Å². The number of carbonyl (C=O) groups excluding carboxylic acids is 2. The first kappa shape index (κ1) is 26.1. The summed E-state index contributed by atoms with van der Waals surface area (Å²) in [7, 11) is 1.57. The highest BCUT2D eigenvalue weighted by molar-refractivity contribution is 8.05. The van der Waals surface area contributed by atoms with E-state index in [1.54, 1.807) is 55.6 Å². The maximum Gasteiger partial charge on any atom is 0.269 e. The molecule has 0 radical (unpaired) electrons. The van der Waals surface area contributed by atoms with Gasteiger partial charge in [0.25, 0.3) is 5.91 Å². The molecule has 1 aliphatic heterocycles. The Balaban J connectivity index is 1.66. The molecule has 1 unspecified atom stereocenters. The Bertz CT molecular complexity index is 1310. The highest BCUT2D eigenvalue weighted by Crippen LogP contribution is 2.42. The quantitative estimate of drug-likeness (QED) is 0.277. The number of nitriles is 1. The van der Waals surface area contributed by atoms with E-state index in [0.717, 1.165) is 24.8 Å². The number of benzene rings is 3. The lowest BCUT2D eigenvalue weighted by atomic mass is 10.0. The van der Waals surface area contributed by atoms with Gasteiger partial charge in [-0.15, -0.1) is 0 Å². The number of ether oxygens (including phenoxy) is 1. The van der Waals surface area contributed by atoms with Crippen LogP contribution in [0.1, 0.15) is 30.9 Å². The van der Waals surface area contributed by atoms with Crippen molar-refractivity contribution < 1.29 is 14.3 Å². The Morgan fingerprint density at radius 3 is 2.32 bits per heavy atom. The maximum absolute atomic E-state index is 13.7. The molecule has 1 N–H and O–H groups in total. The maximum atomic E-state index is 13.7. The summed E-state index contributed by atoms with van der Waals surface area (Å²) in [5, 5.41) is 12.6. The Labute approximate surface area is 221 Å². The normalized spacial score (nSPS) is 16.3. The average Bonchev–Trinajstić information content (AvgIpc) is 3.24.